The number of rotatable bonds is 3. The predicted molar refractivity (Wildman–Crippen MR) is 74.7 cm³/mol. The molecule has 0 aromatic heterocycles. The number of benzene rings is 1. The summed E-state index contributed by atoms with van der Waals surface area (Å²) in [5.74, 6) is -1.22. The predicted octanol–water partition coefficient (Wildman–Crippen LogP) is 1.35. The number of hydrogen-bond acceptors (Lipinski definition) is 4. The second-order valence-electron chi connectivity index (χ2n) is 5.04. The summed E-state index contributed by atoms with van der Waals surface area (Å²) < 4.78 is 5.43. The molecule has 1 amide bonds. The molecule has 0 spiro atoms. The van der Waals surface area contributed by atoms with Crippen molar-refractivity contribution in [2.45, 2.75) is 19.4 Å². The molecule has 1 aromatic carbocycles. The fourth-order valence-electron chi connectivity index (χ4n) is 2.34. The standard InChI is InChI=1S/C14H18N2O4/c1-8-5-6-20-12(8)13(17)16(2)11-4-3-9(15)7-10(11)14(18)19/h3-4,7-8,12H,5-6,15H2,1-2H3,(H,18,19). The average molecular weight is 278 g/mol. The zero-order chi connectivity index (χ0) is 14.9. The minimum Gasteiger partial charge on any atom is -0.478 e. The number of nitrogens with zero attached hydrogens (tertiary/aromatic N) is 1. The molecule has 108 valence electrons. The lowest BCUT2D eigenvalue weighted by molar-refractivity contribution is -0.128. The molecule has 0 aliphatic carbocycles. The number of carboxylic acids is 1. The van der Waals surface area contributed by atoms with Crippen molar-refractivity contribution in [1.29, 1.82) is 0 Å². The highest BCUT2D eigenvalue weighted by molar-refractivity contribution is 6.03. The van der Waals surface area contributed by atoms with Crippen molar-refractivity contribution in [3.63, 3.8) is 0 Å². The minimum atomic E-state index is -1.12. The summed E-state index contributed by atoms with van der Waals surface area (Å²) in [6.45, 7) is 2.50. The van der Waals surface area contributed by atoms with Gasteiger partial charge in [-0.1, -0.05) is 6.92 Å². The Kier molecular flexibility index (Phi) is 3.94. The van der Waals surface area contributed by atoms with Crippen LogP contribution in [0.25, 0.3) is 0 Å². The molecule has 1 fully saturated rings. The second-order valence-corrected chi connectivity index (χ2v) is 5.04. The van der Waals surface area contributed by atoms with Crippen LogP contribution >= 0.6 is 0 Å². The van der Waals surface area contributed by atoms with E-state index in [4.69, 9.17) is 10.5 Å². The number of nitrogen functional groups attached to an aromatic ring is 1. The molecule has 1 heterocycles. The Morgan fingerprint density at radius 2 is 2.15 bits per heavy atom. The Morgan fingerprint density at radius 3 is 2.70 bits per heavy atom. The lowest BCUT2D eigenvalue weighted by Gasteiger charge is -2.24. The Balaban J connectivity index is 2.31. The first kappa shape index (κ1) is 14.3. The van der Waals surface area contributed by atoms with E-state index in [1.165, 1.54) is 17.0 Å². The number of ether oxygens (including phenoxy) is 1. The first-order valence-corrected chi connectivity index (χ1v) is 6.43. The molecule has 20 heavy (non-hydrogen) atoms. The van der Waals surface area contributed by atoms with Crippen molar-refractivity contribution in [3.8, 4) is 0 Å². The van der Waals surface area contributed by atoms with Gasteiger partial charge in [0.1, 0.15) is 6.10 Å². The molecule has 0 bridgehead atoms. The highest BCUT2D eigenvalue weighted by Crippen LogP contribution is 2.27. The molecular formula is C14H18N2O4. The number of hydrogen-bond donors (Lipinski definition) is 2. The smallest absolute Gasteiger partial charge is 0.337 e. The van der Waals surface area contributed by atoms with Crippen LogP contribution in [-0.2, 0) is 9.53 Å². The zero-order valence-electron chi connectivity index (χ0n) is 11.5. The summed E-state index contributed by atoms with van der Waals surface area (Å²) in [7, 11) is 1.55. The molecule has 0 radical (unpaired) electrons. The van der Waals surface area contributed by atoms with E-state index in [1.807, 2.05) is 6.92 Å². The third-order valence-electron chi connectivity index (χ3n) is 3.57. The maximum atomic E-state index is 12.4. The van der Waals surface area contributed by atoms with Crippen LogP contribution in [0.5, 0.6) is 0 Å². The molecule has 1 aromatic rings. The molecular weight excluding hydrogens is 260 g/mol. The van der Waals surface area contributed by atoms with Gasteiger partial charge >= 0.3 is 5.97 Å². The molecule has 1 saturated heterocycles. The van der Waals surface area contributed by atoms with Gasteiger partial charge in [-0.2, -0.15) is 0 Å². The van der Waals surface area contributed by atoms with Crippen LogP contribution in [0, 0.1) is 5.92 Å². The Bertz CT molecular complexity index is 544. The summed E-state index contributed by atoms with van der Waals surface area (Å²) >= 11 is 0. The van der Waals surface area contributed by atoms with Gasteiger partial charge in [0.05, 0.1) is 11.3 Å². The van der Waals surface area contributed by atoms with Crippen LogP contribution in [0.15, 0.2) is 18.2 Å². The van der Waals surface area contributed by atoms with E-state index in [1.54, 1.807) is 13.1 Å². The molecule has 1 aliphatic rings. The largest absolute Gasteiger partial charge is 0.478 e. The molecule has 6 nitrogen and oxygen atoms in total. The summed E-state index contributed by atoms with van der Waals surface area (Å²) in [4.78, 5) is 25.0. The van der Waals surface area contributed by atoms with E-state index in [0.29, 0.717) is 18.0 Å². The second kappa shape index (κ2) is 5.50. The molecule has 0 saturated carbocycles. The van der Waals surface area contributed by atoms with Crippen molar-refractivity contribution < 1.29 is 19.4 Å². The van der Waals surface area contributed by atoms with E-state index in [2.05, 4.69) is 0 Å². The molecule has 3 N–H and O–H groups in total. The minimum absolute atomic E-state index is 0.00602. The van der Waals surface area contributed by atoms with Crippen molar-refractivity contribution in [3.05, 3.63) is 23.8 Å². The molecule has 2 atom stereocenters. The lowest BCUT2D eigenvalue weighted by Crippen LogP contribution is -2.39. The zero-order valence-corrected chi connectivity index (χ0v) is 11.5. The normalized spacial score (nSPS) is 21.7. The van der Waals surface area contributed by atoms with Gasteiger partial charge in [0.25, 0.3) is 5.91 Å². The molecule has 1 aliphatic heterocycles. The number of amides is 1. The number of carboxylic acid groups (broad SMARTS) is 1. The van der Waals surface area contributed by atoms with Gasteiger partial charge in [-0.25, -0.2) is 4.79 Å². The van der Waals surface area contributed by atoms with Gasteiger partial charge in [0.2, 0.25) is 0 Å². The first-order valence-electron chi connectivity index (χ1n) is 6.43. The van der Waals surface area contributed by atoms with Crippen LogP contribution < -0.4 is 10.6 Å². The van der Waals surface area contributed by atoms with Gasteiger partial charge in [-0.15, -0.1) is 0 Å². The highest BCUT2D eigenvalue weighted by Gasteiger charge is 2.34. The van der Waals surface area contributed by atoms with Crippen LogP contribution in [0.1, 0.15) is 23.7 Å². The van der Waals surface area contributed by atoms with E-state index in [-0.39, 0.29) is 17.4 Å². The van der Waals surface area contributed by atoms with Crippen molar-refractivity contribution >= 4 is 23.3 Å². The Morgan fingerprint density at radius 1 is 1.45 bits per heavy atom. The van der Waals surface area contributed by atoms with Crippen LogP contribution in [0.3, 0.4) is 0 Å². The number of nitrogens with two attached hydrogens (primary N) is 1. The van der Waals surface area contributed by atoms with Gasteiger partial charge in [0, 0.05) is 19.3 Å². The first-order chi connectivity index (χ1) is 9.41. The van der Waals surface area contributed by atoms with E-state index in [0.717, 1.165) is 6.42 Å². The summed E-state index contributed by atoms with van der Waals surface area (Å²) in [5.41, 5.74) is 6.26. The monoisotopic (exact) mass is 278 g/mol. The summed E-state index contributed by atoms with van der Waals surface area (Å²) in [6, 6.07) is 4.46. The average Bonchev–Trinajstić information content (AvgIpc) is 2.83. The quantitative estimate of drug-likeness (QED) is 0.814. The number of carbonyl (C=O) groups excluding carboxylic acids is 1. The van der Waals surface area contributed by atoms with E-state index in [9.17, 15) is 14.7 Å². The van der Waals surface area contributed by atoms with Crippen molar-refractivity contribution in [2.75, 3.05) is 24.3 Å². The lowest BCUT2D eigenvalue weighted by atomic mass is 10.0. The van der Waals surface area contributed by atoms with Gasteiger partial charge in [-0.3, -0.25) is 4.79 Å². The Labute approximate surface area is 117 Å². The summed E-state index contributed by atoms with van der Waals surface area (Å²) in [5, 5.41) is 9.21. The van der Waals surface area contributed by atoms with E-state index >= 15 is 0 Å². The van der Waals surface area contributed by atoms with Crippen molar-refractivity contribution in [1.82, 2.24) is 0 Å². The van der Waals surface area contributed by atoms with Crippen LogP contribution in [-0.4, -0.2) is 36.7 Å². The number of anilines is 2. The molecule has 2 unspecified atom stereocenters. The third-order valence-corrected chi connectivity index (χ3v) is 3.57. The molecule has 2 rings (SSSR count). The maximum Gasteiger partial charge on any atom is 0.337 e. The SMILES string of the molecule is CC1CCOC1C(=O)N(C)c1ccc(N)cc1C(=O)O. The Hall–Kier alpha value is -2.08. The maximum absolute atomic E-state index is 12.4. The number of likely N-dealkylation sites (N-methyl/N-ethyl adjacent to an activating group) is 1. The number of carbonyl (C=O) groups is 2. The highest BCUT2D eigenvalue weighted by atomic mass is 16.5. The van der Waals surface area contributed by atoms with Gasteiger partial charge in [0.15, 0.2) is 0 Å². The third kappa shape index (κ3) is 2.60. The van der Waals surface area contributed by atoms with Gasteiger partial charge in [-0.05, 0) is 30.5 Å². The van der Waals surface area contributed by atoms with Gasteiger partial charge < -0.3 is 20.5 Å². The van der Waals surface area contributed by atoms with Crippen LogP contribution in [0.4, 0.5) is 11.4 Å². The summed E-state index contributed by atoms with van der Waals surface area (Å²) in [6.07, 6.45) is 0.316. The number of aromatic carboxylic acids is 1. The topological polar surface area (TPSA) is 92.9 Å². The fraction of sp³-hybridized carbons (Fsp3) is 0.429. The van der Waals surface area contributed by atoms with Crippen LogP contribution in [0.2, 0.25) is 0 Å². The van der Waals surface area contributed by atoms with E-state index < -0.39 is 12.1 Å². The van der Waals surface area contributed by atoms with Crippen molar-refractivity contribution in [2.24, 2.45) is 5.92 Å². The fourth-order valence-corrected chi connectivity index (χ4v) is 2.34. The molecule has 6 heteroatoms.